The maximum absolute atomic E-state index is 12.9. The highest BCUT2D eigenvalue weighted by molar-refractivity contribution is 5.94. The minimum atomic E-state index is -0.500. The number of non-ortho nitro benzene ring substituents is 1. The van der Waals surface area contributed by atoms with Gasteiger partial charge in [-0.1, -0.05) is 18.2 Å². The first kappa shape index (κ1) is 17.9. The monoisotopic (exact) mass is 356 g/mol. The standard InChI is InChI=1S/C19H20N2O5/c22-18-6-2-1-4-15(18)12-20(13-17-5-3-11-26-17)19(23)14-7-9-16(10-8-14)21(24)25/h1-2,4,6-10,17,22H,3,5,11-13H2. The average Bonchev–Trinajstić information content (AvgIpc) is 3.15. The molecule has 0 aliphatic carbocycles. The van der Waals surface area contributed by atoms with Crippen LogP contribution in [-0.4, -0.2) is 40.1 Å². The zero-order valence-electron chi connectivity index (χ0n) is 14.2. The van der Waals surface area contributed by atoms with E-state index in [-0.39, 0.29) is 30.0 Å². The minimum absolute atomic E-state index is 0.0390. The number of rotatable bonds is 6. The SMILES string of the molecule is O=C(c1ccc([N+](=O)[O-])cc1)N(Cc1ccccc1O)CC1CCCO1. The van der Waals surface area contributed by atoms with Crippen LogP contribution in [0.15, 0.2) is 48.5 Å². The summed E-state index contributed by atoms with van der Waals surface area (Å²) in [5.74, 6) is -0.125. The van der Waals surface area contributed by atoms with Gasteiger partial charge in [0, 0.05) is 43.0 Å². The first-order valence-electron chi connectivity index (χ1n) is 8.47. The Morgan fingerprint density at radius 3 is 2.58 bits per heavy atom. The maximum atomic E-state index is 12.9. The smallest absolute Gasteiger partial charge is 0.269 e. The van der Waals surface area contributed by atoms with Crippen molar-refractivity contribution < 1.29 is 19.6 Å². The summed E-state index contributed by atoms with van der Waals surface area (Å²) in [7, 11) is 0. The topological polar surface area (TPSA) is 92.9 Å². The molecule has 2 aromatic carbocycles. The molecule has 0 bridgehead atoms. The van der Waals surface area contributed by atoms with Crippen molar-refractivity contribution in [2.45, 2.75) is 25.5 Å². The second-order valence-electron chi connectivity index (χ2n) is 6.25. The molecule has 136 valence electrons. The van der Waals surface area contributed by atoms with E-state index in [4.69, 9.17) is 4.74 Å². The molecule has 1 unspecified atom stereocenters. The summed E-state index contributed by atoms with van der Waals surface area (Å²) in [4.78, 5) is 24.9. The van der Waals surface area contributed by atoms with E-state index in [0.717, 1.165) is 12.8 Å². The Hall–Kier alpha value is -2.93. The second-order valence-corrected chi connectivity index (χ2v) is 6.25. The molecule has 3 rings (SSSR count). The predicted octanol–water partition coefficient (Wildman–Crippen LogP) is 3.12. The molecule has 1 aliphatic heterocycles. The van der Waals surface area contributed by atoms with Gasteiger partial charge in [0.05, 0.1) is 11.0 Å². The second kappa shape index (κ2) is 7.97. The van der Waals surface area contributed by atoms with E-state index in [1.807, 2.05) is 0 Å². The normalized spacial score (nSPS) is 16.4. The van der Waals surface area contributed by atoms with Gasteiger partial charge in [0.1, 0.15) is 5.75 Å². The predicted molar refractivity (Wildman–Crippen MR) is 94.9 cm³/mol. The number of phenols is 1. The van der Waals surface area contributed by atoms with Crippen LogP contribution >= 0.6 is 0 Å². The number of amides is 1. The molecule has 1 amide bonds. The van der Waals surface area contributed by atoms with E-state index in [9.17, 15) is 20.0 Å². The van der Waals surface area contributed by atoms with Gasteiger partial charge in [-0.3, -0.25) is 14.9 Å². The molecule has 0 radical (unpaired) electrons. The van der Waals surface area contributed by atoms with E-state index >= 15 is 0 Å². The van der Waals surface area contributed by atoms with Crippen molar-refractivity contribution in [2.75, 3.05) is 13.2 Å². The summed E-state index contributed by atoms with van der Waals surface area (Å²) in [6.07, 6.45) is 1.80. The number of hydrogen-bond acceptors (Lipinski definition) is 5. The van der Waals surface area contributed by atoms with Crippen molar-refractivity contribution >= 4 is 11.6 Å². The van der Waals surface area contributed by atoms with Gasteiger partial charge >= 0.3 is 0 Å². The van der Waals surface area contributed by atoms with Crippen LogP contribution in [0.25, 0.3) is 0 Å². The molecule has 0 saturated carbocycles. The van der Waals surface area contributed by atoms with Crippen LogP contribution in [0.2, 0.25) is 0 Å². The Morgan fingerprint density at radius 2 is 1.96 bits per heavy atom. The lowest BCUT2D eigenvalue weighted by Gasteiger charge is -2.26. The number of nitro groups is 1. The summed E-state index contributed by atoms with van der Waals surface area (Å²) in [6.45, 7) is 1.33. The van der Waals surface area contributed by atoms with E-state index in [1.54, 1.807) is 29.2 Å². The number of carbonyl (C=O) groups excluding carboxylic acids is 1. The van der Waals surface area contributed by atoms with Gasteiger partial charge in [-0.05, 0) is 31.0 Å². The van der Waals surface area contributed by atoms with Gasteiger partial charge in [0.2, 0.25) is 0 Å². The third kappa shape index (κ3) is 4.18. The van der Waals surface area contributed by atoms with Crippen molar-refractivity contribution in [3.8, 4) is 5.75 Å². The number of hydrogen-bond donors (Lipinski definition) is 1. The summed E-state index contributed by atoms with van der Waals surface area (Å²) in [5.41, 5.74) is 0.942. The molecule has 7 heteroatoms. The van der Waals surface area contributed by atoms with Gasteiger partial charge in [0.25, 0.3) is 11.6 Å². The molecule has 0 aromatic heterocycles. The van der Waals surface area contributed by atoms with Crippen molar-refractivity contribution in [3.05, 3.63) is 69.8 Å². The van der Waals surface area contributed by atoms with Crippen LogP contribution in [0.5, 0.6) is 5.75 Å². The number of aromatic hydroxyl groups is 1. The van der Waals surface area contributed by atoms with Crippen molar-refractivity contribution in [1.29, 1.82) is 0 Å². The van der Waals surface area contributed by atoms with E-state index in [2.05, 4.69) is 0 Å². The van der Waals surface area contributed by atoms with Gasteiger partial charge in [-0.2, -0.15) is 0 Å². The number of benzene rings is 2. The number of carbonyl (C=O) groups is 1. The summed E-state index contributed by atoms with van der Waals surface area (Å²) in [6, 6.07) is 12.4. The zero-order chi connectivity index (χ0) is 18.5. The highest BCUT2D eigenvalue weighted by atomic mass is 16.6. The first-order chi connectivity index (χ1) is 12.5. The first-order valence-corrected chi connectivity index (χ1v) is 8.47. The maximum Gasteiger partial charge on any atom is 0.269 e. The molecule has 7 nitrogen and oxygen atoms in total. The summed E-state index contributed by atoms with van der Waals surface area (Å²) >= 11 is 0. The Morgan fingerprint density at radius 1 is 1.23 bits per heavy atom. The van der Waals surface area contributed by atoms with Gasteiger partial charge in [-0.25, -0.2) is 0 Å². The minimum Gasteiger partial charge on any atom is -0.508 e. The van der Waals surface area contributed by atoms with E-state index in [0.29, 0.717) is 24.3 Å². The Bertz CT molecular complexity index is 785. The molecule has 1 atom stereocenters. The molecule has 1 N–H and O–H groups in total. The fraction of sp³-hybridized carbons (Fsp3) is 0.316. The van der Waals surface area contributed by atoms with Crippen LogP contribution in [0.4, 0.5) is 5.69 Å². The Kier molecular flexibility index (Phi) is 5.48. The molecular formula is C19H20N2O5. The van der Waals surface area contributed by atoms with Crippen LogP contribution < -0.4 is 0 Å². The third-order valence-corrected chi connectivity index (χ3v) is 4.41. The highest BCUT2D eigenvalue weighted by Gasteiger charge is 2.24. The summed E-state index contributed by atoms with van der Waals surface area (Å²) in [5, 5.41) is 20.8. The van der Waals surface area contributed by atoms with Crippen molar-refractivity contribution in [1.82, 2.24) is 4.90 Å². The van der Waals surface area contributed by atoms with Crippen LogP contribution in [-0.2, 0) is 11.3 Å². The van der Waals surface area contributed by atoms with Crippen LogP contribution in [0, 0.1) is 10.1 Å². The number of ether oxygens (including phenoxy) is 1. The molecule has 1 aliphatic rings. The van der Waals surface area contributed by atoms with E-state index in [1.165, 1.54) is 24.3 Å². The molecule has 1 heterocycles. The Balaban J connectivity index is 1.82. The quantitative estimate of drug-likeness (QED) is 0.634. The lowest BCUT2D eigenvalue weighted by Crippen LogP contribution is -2.37. The number of para-hydroxylation sites is 1. The summed E-state index contributed by atoms with van der Waals surface area (Å²) < 4.78 is 5.64. The fourth-order valence-corrected chi connectivity index (χ4v) is 3.01. The molecule has 26 heavy (non-hydrogen) atoms. The van der Waals surface area contributed by atoms with Gasteiger partial charge < -0.3 is 14.7 Å². The third-order valence-electron chi connectivity index (χ3n) is 4.41. The van der Waals surface area contributed by atoms with E-state index < -0.39 is 4.92 Å². The highest BCUT2D eigenvalue weighted by Crippen LogP contribution is 2.22. The lowest BCUT2D eigenvalue weighted by atomic mass is 10.1. The van der Waals surface area contributed by atoms with Gasteiger partial charge in [0.15, 0.2) is 0 Å². The fourth-order valence-electron chi connectivity index (χ4n) is 3.01. The number of phenolic OH excluding ortho intramolecular Hbond substituents is 1. The van der Waals surface area contributed by atoms with Crippen LogP contribution in [0.3, 0.4) is 0 Å². The number of nitrogens with zero attached hydrogens (tertiary/aromatic N) is 2. The van der Waals surface area contributed by atoms with Crippen molar-refractivity contribution in [3.63, 3.8) is 0 Å². The largest absolute Gasteiger partial charge is 0.508 e. The Labute approximate surface area is 151 Å². The number of nitro benzene ring substituents is 1. The van der Waals surface area contributed by atoms with Crippen molar-refractivity contribution in [2.24, 2.45) is 0 Å². The van der Waals surface area contributed by atoms with Crippen LogP contribution in [0.1, 0.15) is 28.8 Å². The lowest BCUT2D eigenvalue weighted by molar-refractivity contribution is -0.384. The molecular weight excluding hydrogens is 336 g/mol. The molecule has 0 spiro atoms. The average molecular weight is 356 g/mol. The molecule has 1 fully saturated rings. The van der Waals surface area contributed by atoms with Gasteiger partial charge in [-0.15, -0.1) is 0 Å². The zero-order valence-corrected chi connectivity index (χ0v) is 14.2. The molecule has 1 saturated heterocycles. The molecule has 2 aromatic rings.